The van der Waals surface area contributed by atoms with Crippen LogP contribution in [0.2, 0.25) is 0 Å². The molecular formula is C15H28N2O. The van der Waals surface area contributed by atoms with Crippen LogP contribution in [-0.2, 0) is 4.79 Å². The minimum Gasteiger partial charge on any atom is -0.353 e. The van der Waals surface area contributed by atoms with Crippen LogP contribution in [-0.4, -0.2) is 25.0 Å². The molecule has 3 heteroatoms. The summed E-state index contributed by atoms with van der Waals surface area (Å²) < 4.78 is 0. The third-order valence-corrected chi connectivity index (χ3v) is 5.24. The van der Waals surface area contributed by atoms with E-state index in [0.717, 1.165) is 13.1 Å². The molecule has 1 spiro atoms. The van der Waals surface area contributed by atoms with Gasteiger partial charge >= 0.3 is 0 Å². The van der Waals surface area contributed by atoms with Crippen LogP contribution in [0.5, 0.6) is 0 Å². The lowest BCUT2D eigenvalue weighted by Crippen LogP contribution is -2.50. The third kappa shape index (κ3) is 2.71. The molecule has 2 rings (SSSR count). The standard InChI is InChI=1S/C15H28N2O/c1-11(2)12(3)14(18)17-13-5-4-6-15(13)7-9-16-10-8-15/h11-13,16H,4-10H2,1-3H3,(H,17,18). The van der Waals surface area contributed by atoms with E-state index in [1.54, 1.807) is 0 Å². The zero-order chi connectivity index (χ0) is 13.2. The number of piperidine rings is 1. The summed E-state index contributed by atoms with van der Waals surface area (Å²) in [6.45, 7) is 8.53. The molecule has 1 saturated carbocycles. The van der Waals surface area contributed by atoms with E-state index in [1.807, 2.05) is 6.92 Å². The summed E-state index contributed by atoms with van der Waals surface area (Å²) in [5.41, 5.74) is 0.400. The number of rotatable bonds is 3. The van der Waals surface area contributed by atoms with Crippen molar-refractivity contribution in [2.45, 2.75) is 58.9 Å². The van der Waals surface area contributed by atoms with Gasteiger partial charge in [-0.25, -0.2) is 0 Å². The molecule has 2 unspecified atom stereocenters. The number of carbonyl (C=O) groups excluding carboxylic acids is 1. The van der Waals surface area contributed by atoms with Gasteiger partial charge in [-0.2, -0.15) is 0 Å². The Morgan fingerprint density at radius 1 is 1.22 bits per heavy atom. The van der Waals surface area contributed by atoms with Gasteiger partial charge in [-0.05, 0) is 50.1 Å². The van der Waals surface area contributed by atoms with Crippen LogP contribution in [0.1, 0.15) is 52.9 Å². The van der Waals surface area contributed by atoms with Gasteiger partial charge in [-0.3, -0.25) is 4.79 Å². The number of hydrogen-bond acceptors (Lipinski definition) is 2. The highest BCUT2D eigenvalue weighted by Crippen LogP contribution is 2.45. The topological polar surface area (TPSA) is 41.1 Å². The van der Waals surface area contributed by atoms with Gasteiger partial charge in [0, 0.05) is 12.0 Å². The van der Waals surface area contributed by atoms with Gasteiger partial charge in [0.25, 0.3) is 0 Å². The van der Waals surface area contributed by atoms with Crippen molar-refractivity contribution < 1.29 is 4.79 Å². The Balaban J connectivity index is 1.97. The first kappa shape index (κ1) is 13.9. The van der Waals surface area contributed by atoms with E-state index in [2.05, 4.69) is 24.5 Å². The van der Waals surface area contributed by atoms with E-state index in [0.29, 0.717) is 17.4 Å². The highest BCUT2D eigenvalue weighted by molar-refractivity contribution is 5.78. The van der Waals surface area contributed by atoms with Crippen molar-refractivity contribution in [3.05, 3.63) is 0 Å². The number of nitrogens with one attached hydrogen (secondary N) is 2. The molecule has 1 aliphatic heterocycles. The first-order chi connectivity index (χ1) is 8.55. The first-order valence-corrected chi connectivity index (χ1v) is 7.56. The maximum absolute atomic E-state index is 12.2. The maximum atomic E-state index is 12.2. The van der Waals surface area contributed by atoms with Crippen molar-refractivity contribution in [3.63, 3.8) is 0 Å². The van der Waals surface area contributed by atoms with E-state index in [-0.39, 0.29) is 11.8 Å². The van der Waals surface area contributed by atoms with Gasteiger partial charge < -0.3 is 10.6 Å². The molecule has 3 nitrogen and oxygen atoms in total. The van der Waals surface area contributed by atoms with Crippen molar-refractivity contribution in [2.24, 2.45) is 17.3 Å². The molecule has 18 heavy (non-hydrogen) atoms. The summed E-state index contributed by atoms with van der Waals surface area (Å²) in [6.07, 6.45) is 6.22. The van der Waals surface area contributed by atoms with Crippen LogP contribution in [0.4, 0.5) is 0 Å². The van der Waals surface area contributed by atoms with Crippen LogP contribution in [0.3, 0.4) is 0 Å². The van der Waals surface area contributed by atoms with E-state index in [4.69, 9.17) is 0 Å². The molecule has 1 saturated heterocycles. The van der Waals surface area contributed by atoms with Crippen molar-refractivity contribution in [3.8, 4) is 0 Å². The number of hydrogen-bond donors (Lipinski definition) is 2. The fourth-order valence-corrected chi connectivity index (χ4v) is 3.49. The molecule has 0 aromatic heterocycles. The Labute approximate surface area is 111 Å². The SMILES string of the molecule is CC(C)C(C)C(=O)NC1CCCC12CCNCC2. The molecule has 0 bridgehead atoms. The van der Waals surface area contributed by atoms with Gasteiger partial charge in [0.1, 0.15) is 0 Å². The molecule has 1 amide bonds. The van der Waals surface area contributed by atoms with Gasteiger partial charge in [-0.1, -0.05) is 27.2 Å². The molecule has 2 fully saturated rings. The van der Waals surface area contributed by atoms with Crippen LogP contribution in [0.25, 0.3) is 0 Å². The quantitative estimate of drug-likeness (QED) is 0.809. The predicted octanol–water partition coefficient (Wildman–Crippen LogP) is 2.32. The average molecular weight is 252 g/mol. The second-order valence-electron chi connectivity index (χ2n) is 6.60. The molecule has 0 aromatic rings. The highest BCUT2D eigenvalue weighted by Gasteiger charge is 2.44. The van der Waals surface area contributed by atoms with Crippen molar-refractivity contribution in [2.75, 3.05) is 13.1 Å². The summed E-state index contributed by atoms with van der Waals surface area (Å²) in [7, 11) is 0. The Morgan fingerprint density at radius 2 is 1.89 bits per heavy atom. The van der Waals surface area contributed by atoms with Crippen LogP contribution >= 0.6 is 0 Å². The maximum Gasteiger partial charge on any atom is 0.223 e. The number of carbonyl (C=O) groups is 1. The minimum absolute atomic E-state index is 0.129. The van der Waals surface area contributed by atoms with Crippen LogP contribution in [0, 0.1) is 17.3 Å². The Kier molecular flexibility index (Phi) is 4.31. The predicted molar refractivity (Wildman–Crippen MR) is 74.3 cm³/mol. The molecule has 0 radical (unpaired) electrons. The van der Waals surface area contributed by atoms with Crippen LogP contribution < -0.4 is 10.6 Å². The molecule has 1 heterocycles. The second-order valence-corrected chi connectivity index (χ2v) is 6.60. The molecular weight excluding hydrogens is 224 g/mol. The lowest BCUT2D eigenvalue weighted by atomic mass is 9.74. The van der Waals surface area contributed by atoms with Gasteiger partial charge in [0.05, 0.1) is 0 Å². The smallest absolute Gasteiger partial charge is 0.223 e. The van der Waals surface area contributed by atoms with E-state index in [9.17, 15) is 4.79 Å². The van der Waals surface area contributed by atoms with Gasteiger partial charge in [0.15, 0.2) is 0 Å². The summed E-state index contributed by atoms with van der Waals surface area (Å²) in [5, 5.41) is 6.79. The Hall–Kier alpha value is -0.570. The number of amides is 1. The minimum atomic E-state index is 0.129. The van der Waals surface area contributed by atoms with E-state index < -0.39 is 0 Å². The molecule has 2 N–H and O–H groups in total. The van der Waals surface area contributed by atoms with Crippen molar-refractivity contribution in [1.29, 1.82) is 0 Å². The van der Waals surface area contributed by atoms with Gasteiger partial charge in [-0.15, -0.1) is 0 Å². The fourth-order valence-electron chi connectivity index (χ4n) is 3.49. The molecule has 0 aromatic carbocycles. The highest BCUT2D eigenvalue weighted by atomic mass is 16.1. The zero-order valence-corrected chi connectivity index (χ0v) is 12.1. The summed E-state index contributed by atoms with van der Waals surface area (Å²) in [4.78, 5) is 12.2. The first-order valence-electron chi connectivity index (χ1n) is 7.56. The largest absolute Gasteiger partial charge is 0.353 e. The van der Waals surface area contributed by atoms with E-state index in [1.165, 1.54) is 32.1 Å². The summed E-state index contributed by atoms with van der Waals surface area (Å²) >= 11 is 0. The normalized spacial score (nSPS) is 28.6. The summed E-state index contributed by atoms with van der Waals surface area (Å²) in [6, 6.07) is 0.424. The molecule has 2 aliphatic rings. The molecule has 104 valence electrons. The fraction of sp³-hybridized carbons (Fsp3) is 0.933. The Morgan fingerprint density at radius 3 is 2.50 bits per heavy atom. The van der Waals surface area contributed by atoms with Crippen LogP contribution in [0.15, 0.2) is 0 Å². The van der Waals surface area contributed by atoms with Gasteiger partial charge in [0.2, 0.25) is 5.91 Å². The van der Waals surface area contributed by atoms with E-state index >= 15 is 0 Å². The molecule has 1 aliphatic carbocycles. The van der Waals surface area contributed by atoms with Crippen molar-refractivity contribution >= 4 is 5.91 Å². The van der Waals surface area contributed by atoms with Crippen molar-refractivity contribution in [1.82, 2.24) is 10.6 Å². The Bertz CT molecular complexity index is 295. The summed E-state index contributed by atoms with van der Waals surface area (Å²) in [5.74, 6) is 0.814. The lowest BCUT2D eigenvalue weighted by Gasteiger charge is -2.40. The average Bonchev–Trinajstić information content (AvgIpc) is 2.72. The molecule has 2 atom stereocenters. The zero-order valence-electron chi connectivity index (χ0n) is 12.1. The second kappa shape index (κ2) is 5.60. The monoisotopic (exact) mass is 252 g/mol. The lowest BCUT2D eigenvalue weighted by molar-refractivity contribution is -0.127. The third-order valence-electron chi connectivity index (χ3n) is 5.24.